The average molecular weight is 217 g/mol. The zero-order chi connectivity index (χ0) is 11.7. The fraction of sp³-hybridized carbons (Fsp3) is 0.250. The third-order valence-corrected chi connectivity index (χ3v) is 2.62. The molecule has 0 amide bonds. The van der Waals surface area contributed by atoms with Crippen LogP contribution in [0.5, 0.6) is 0 Å². The van der Waals surface area contributed by atoms with Gasteiger partial charge in [-0.3, -0.25) is 10.6 Å². The fourth-order valence-corrected chi connectivity index (χ4v) is 1.90. The Morgan fingerprint density at radius 2 is 2.00 bits per heavy atom. The molecule has 0 aliphatic rings. The summed E-state index contributed by atoms with van der Waals surface area (Å²) >= 11 is 0. The van der Waals surface area contributed by atoms with E-state index in [2.05, 4.69) is 5.43 Å². The molecular formula is C12H15N3O. The first-order valence-electron chi connectivity index (χ1n) is 5.26. The van der Waals surface area contributed by atoms with Crippen molar-refractivity contribution in [2.24, 2.45) is 5.84 Å². The predicted octanol–water partition coefficient (Wildman–Crippen LogP) is 1.87. The van der Waals surface area contributed by atoms with E-state index in [9.17, 15) is 4.79 Å². The van der Waals surface area contributed by atoms with Gasteiger partial charge in [-0.25, -0.2) is 0 Å². The molecular weight excluding hydrogens is 202 g/mol. The van der Waals surface area contributed by atoms with Crippen molar-refractivity contribution in [3.05, 3.63) is 40.7 Å². The SMILES string of the molecule is CC(C)n1c(=O)c(NN)cc2ccccc21. The first kappa shape index (κ1) is 10.7. The molecule has 2 rings (SSSR count). The van der Waals surface area contributed by atoms with Crippen molar-refractivity contribution in [2.45, 2.75) is 19.9 Å². The molecule has 0 atom stereocenters. The van der Waals surface area contributed by atoms with Gasteiger partial charge in [0.15, 0.2) is 0 Å². The summed E-state index contributed by atoms with van der Waals surface area (Å²) in [5.41, 5.74) is 3.72. The normalized spacial score (nSPS) is 11.0. The van der Waals surface area contributed by atoms with E-state index in [1.807, 2.05) is 38.1 Å². The maximum atomic E-state index is 12.1. The molecule has 1 aromatic heterocycles. The van der Waals surface area contributed by atoms with Crippen LogP contribution in [0, 0.1) is 0 Å². The highest BCUT2D eigenvalue weighted by Crippen LogP contribution is 2.18. The molecule has 16 heavy (non-hydrogen) atoms. The number of pyridine rings is 1. The Morgan fingerprint density at radius 1 is 1.31 bits per heavy atom. The van der Waals surface area contributed by atoms with Crippen LogP contribution in [0.25, 0.3) is 10.9 Å². The third-order valence-electron chi connectivity index (χ3n) is 2.62. The quantitative estimate of drug-likeness (QED) is 0.596. The molecule has 2 aromatic rings. The van der Waals surface area contributed by atoms with Crippen molar-refractivity contribution in [2.75, 3.05) is 5.43 Å². The van der Waals surface area contributed by atoms with Crippen LogP contribution in [0.4, 0.5) is 5.69 Å². The number of rotatable bonds is 2. The Bertz CT molecular complexity index is 572. The average Bonchev–Trinajstić information content (AvgIpc) is 2.27. The Hall–Kier alpha value is -1.81. The molecule has 0 aliphatic heterocycles. The summed E-state index contributed by atoms with van der Waals surface area (Å²) in [5.74, 6) is 5.35. The zero-order valence-electron chi connectivity index (χ0n) is 9.40. The van der Waals surface area contributed by atoms with E-state index in [1.54, 1.807) is 10.6 Å². The molecule has 0 saturated carbocycles. The smallest absolute Gasteiger partial charge is 0.275 e. The Labute approximate surface area is 93.7 Å². The van der Waals surface area contributed by atoms with Gasteiger partial charge in [0, 0.05) is 11.4 Å². The van der Waals surface area contributed by atoms with Gasteiger partial charge in [-0.2, -0.15) is 0 Å². The number of nitrogens with two attached hydrogens (primary N) is 1. The van der Waals surface area contributed by atoms with Crippen molar-refractivity contribution in [3.8, 4) is 0 Å². The Morgan fingerprint density at radius 3 is 2.62 bits per heavy atom. The second-order valence-corrected chi connectivity index (χ2v) is 4.03. The number of hydrogen-bond acceptors (Lipinski definition) is 3. The van der Waals surface area contributed by atoms with E-state index < -0.39 is 0 Å². The minimum absolute atomic E-state index is 0.0869. The van der Waals surface area contributed by atoms with Gasteiger partial charge in [-0.15, -0.1) is 0 Å². The number of hydrogen-bond donors (Lipinski definition) is 2. The molecule has 84 valence electrons. The van der Waals surface area contributed by atoms with Crippen molar-refractivity contribution in [1.29, 1.82) is 0 Å². The monoisotopic (exact) mass is 217 g/mol. The molecule has 4 nitrogen and oxygen atoms in total. The van der Waals surface area contributed by atoms with Crippen LogP contribution in [-0.4, -0.2) is 4.57 Å². The molecule has 4 heteroatoms. The van der Waals surface area contributed by atoms with Crippen molar-refractivity contribution < 1.29 is 0 Å². The number of anilines is 1. The number of hydrazine groups is 1. The van der Waals surface area contributed by atoms with Crippen LogP contribution in [0.1, 0.15) is 19.9 Å². The first-order chi connectivity index (χ1) is 7.65. The summed E-state index contributed by atoms with van der Waals surface area (Å²) in [6.07, 6.45) is 0. The van der Waals surface area contributed by atoms with E-state index in [1.165, 1.54) is 0 Å². The van der Waals surface area contributed by atoms with Crippen LogP contribution in [-0.2, 0) is 0 Å². The van der Waals surface area contributed by atoms with Gasteiger partial charge < -0.3 is 9.99 Å². The van der Waals surface area contributed by atoms with Crippen LogP contribution >= 0.6 is 0 Å². The summed E-state index contributed by atoms with van der Waals surface area (Å²) in [7, 11) is 0. The molecule has 1 heterocycles. The van der Waals surface area contributed by atoms with Gasteiger partial charge in [0.25, 0.3) is 5.56 Å². The van der Waals surface area contributed by atoms with Gasteiger partial charge in [0.2, 0.25) is 0 Å². The van der Waals surface area contributed by atoms with Gasteiger partial charge in [-0.1, -0.05) is 18.2 Å². The first-order valence-corrected chi connectivity index (χ1v) is 5.26. The van der Waals surface area contributed by atoms with E-state index in [-0.39, 0.29) is 11.6 Å². The second-order valence-electron chi connectivity index (χ2n) is 4.03. The molecule has 0 aliphatic carbocycles. The number of benzene rings is 1. The number of fused-ring (bicyclic) bond motifs is 1. The molecule has 0 saturated heterocycles. The molecule has 0 spiro atoms. The number of nitrogens with one attached hydrogen (secondary N) is 1. The maximum absolute atomic E-state index is 12.1. The van der Waals surface area contributed by atoms with Crippen molar-refractivity contribution in [3.63, 3.8) is 0 Å². The lowest BCUT2D eigenvalue weighted by Crippen LogP contribution is -2.27. The van der Waals surface area contributed by atoms with Crippen LogP contribution < -0.4 is 16.8 Å². The van der Waals surface area contributed by atoms with Gasteiger partial charge in [-0.05, 0) is 26.0 Å². The maximum Gasteiger partial charge on any atom is 0.275 e. The topological polar surface area (TPSA) is 60.0 Å². The largest absolute Gasteiger partial charge is 0.319 e. The van der Waals surface area contributed by atoms with Gasteiger partial charge >= 0.3 is 0 Å². The molecule has 0 radical (unpaired) electrons. The highest BCUT2D eigenvalue weighted by molar-refractivity contribution is 5.82. The lowest BCUT2D eigenvalue weighted by atomic mass is 10.2. The number of aromatic nitrogens is 1. The zero-order valence-corrected chi connectivity index (χ0v) is 9.40. The second kappa shape index (κ2) is 3.98. The molecule has 0 unspecified atom stereocenters. The minimum atomic E-state index is -0.0869. The highest BCUT2D eigenvalue weighted by Gasteiger charge is 2.10. The summed E-state index contributed by atoms with van der Waals surface area (Å²) in [6, 6.07) is 9.65. The molecule has 1 aromatic carbocycles. The van der Waals surface area contributed by atoms with Crippen molar-refractivity contribution >= 4 is 16.6 Å². The lowest BCUT2D eigenvalue weighted by molar-refractivity contribution is 0.601. The minimum Gasteiger partial charge on any atom is -0.319 e. The summed E-state index contributed by atoms with van der Waals surface area (Å²) < 4.78 is 1.74. The Balaban J connectivity index is 2.91. The van der Waals surface area contributed by atoms with E-state index in [4.69, 9.17) is 5.84 Å². The molecule has 0 bridgehead atoms. The predicted molar refractivity (Wildman–Crippen MR) is 66.4 cm³/mol. The van der Waals surface area contributed by atoms with E-state index >= 15 is 0 Å². The van der Waals surface area contributed by atoms with E-state index in [0.29, 0.717) is 5.69 Å². The number of para-hydroxylation sites is 1. The van der Waals surface area contributed by atoms with E-state index in [0.717, 1.165) is 10.9 Å². The van der Waals surface area contributed by atoms with Crippen LogP contribution in [0.15, 0.2) is 35.1 Å². The van der Waals surface area contributed by atoms with Gasteiger partial charge in [0.1, 0.15) is 5.69 Å². The van der Waals surface area contributed by atoms with Crippen LogP contribution in [0.2, 0.25) is 0 Å². The summed E-state index contributed by atoms with van der Waals surface area (Å²) in [6.45, 7) is 3.96. The number of nitrogens with zero attached hydrogens (tertiary/aromatic N) is 1. The number of nitrogen functional groups attached to an aromatic ring is 1. The summed E-state index contributed by atoms with van der Waals surface area (Å²) in [5, 5.41) is 1.00. The summed E-state index contributed by atoms with van der Waals surface area (Å²) in [4.78, 5) is 12.1. The van der Waals surface area contributed by atoms with Gasteiger partial charge in [0.05, 0.1) is 5.52 Å². The highest BCUT2D eigenvalue weighted by atomic mass is 16.1. The van der Waals surface area contributed by atoms with Crippen LogP contribution in [0.3, 0.4) is 0 Å². The fourth-order valence-electron chi connectivity index (χ4n) is 1.90. The molecule has 3 N–H and O–H groups in total. The molecule has 0 fully saturated rings. The van der Waals surface area contributed by atoms with Crippen molar-refractivity contribution in [1.82, 2.24) is 4.57 Å². The Kier molecular flexibility index (Phi) is 2.66. The third kappa shape index (κ3) is 1.57. The standard InChI is InChI=1S/C12H15N3O/c1-8(2)15-11-6-4-3-5-9(11)7-10(14-13)12(15)16/h3-8,14H,13H2,1-2H3. The lowest BCUT2D eigenvalue weighted by Gasteiger charge is -2.15.